The standard InChI is InChI=1S/C14H21N7O/c1-10-4-13(17-8-16-10)21-7-12(22-3)5-11(21)6-15-14-18-9-19-20(14)2/h4,8-9,11-12H,5-7H2,1-3H3,(H,15,18,19)/t11-,12-/m0/s1. The molecule has 118 valence electrons. The summed E-state index contributed by atoms with van der Waals surface area (Å²) in [6, 6.07) is 2.30. The van der Waals surface area contributed by atoms with Gasteiger partial charge in [0.15, 0.2) is 0 Å². The molecule has 8 nitrogen and oxygen atoms in total. The molecule has 0 aliphatic carbocycles. The molecule has 1 aliphatic rings. The summed E-state index contributed by atoms with van der Waals surface area (Å²) in [5, 5.41) is 7.41. The second kappa shape index (κ2) is 6.27. The Morgan fingerprint density at radius 2 is 2.18 bits per heavy atom. The van der Waals surface area contributed by atoms with Gasteiger partial charge in [0, 0.05) is 39.0 Å². The zero-order valence-electron chi connectivity index (χ0n) is 13.1. The van der Waals surface area contributed by atoms with Crippen molar-refractivity contribution in [1.82, 2.24) is 24.7 Å². The zero-order valence-corrected chi connectivity index (χ0v) is 13.1. The molecule has 0 unspecified atom stereocenters. The summed E-state index contributed by atoms with van der Waals surface area (Å²) in [7, 11) is 3.63. The lowest BCUT2D eigenvalue weighted by molar-refractivity contribution is 0.118. The molecule has 0 spiro atoms. The van der Waals surface area contributed by atoms with E-state index in [2.05, 4.69) is 30.3 Å². The monoisotopic (exact) mass is 303 g/mol. The first-order valence-corrected chi connectivity index (χ1v) is 7.33. The quantitative estimate of drug-likeness (QED) is 0.867. The average Bonchev–Trinajstić information content (AvgIpc) is 3.11. The molecule has 2 atom stereocenters. The number of hydrogen-bond acceptors (Lipinski definition) is 7. The molecular formula is C14H21N7O. The minimum atomic E-state index is 0.210. The lowest BCUT2D eigenvalue weighted by Crippen LogP contribution is -2.36. The molecule has 3 heterocycles. The fraction of sp³-hybridized carbons (Fsp3) is 0.571. The summed E-state index contributed by atoms with van der Waals surface area (Å²) in [5.41, 5.74) is 0.964. The molecule has 0 bridgehead atoms. The van der Waals surface area contributed by atoms with Crippen molar-refractivity contribution in [3.8, 4) is 0 Å². The Hall–Kier alpha value is -2.22. The largest absolute Gasteiger partial charge is 0.380 e. The summed E-state index contributed by atoms with van der Waals surface area (Å²) < 4.78 is 7.26. The summed E-state index contributed by atoms with van der Waals surface area (Å²) in [6.45, 7) is 3.56. The summed E-state index contributed by atoms with van der Waals surface area (Å²) >= 11 is 0. The van der Waals surface area contributed by atoms with Gasteiger partial charge in [0.25, 0.3) is 0 Å². The van der Waals surface area contributed by atoms with Gasteiger partial charge in [-0.05, 0) is 13.3 Å². The van der Waals surface area contributed by atoms with Gasteiger partial charge in [-0.25, -0.2) is 14.6 Å². The highest BCUT2D eigenvalue weighted by Crippen LogP contribution is 2.25. The van der Waals surface area contributed by atoms with E-state index in [0.717, 1.165) is 37.0 Å². The Morgan fingerprint density at radius 1 is 1.32 bits per heavy atom. The van der Waals surface area contributed by atoms with Gasteiger partial charge >= 0.3 is 0 Å². The second-order valence-corrected chi connectivity index (χ2v) is 5.51. The van der Waals surface area contributed by atoms with Crippen LogP contribution in [0.2, 0.25) is 0 Å². The first-order chi connectivity index (χ1) is 10.7. The maximum Gasteiger partial charge on any atom is 0.220 e. The fourth-order valence-corrected chi connectivity index (χ4v) is 2.78. The van der Waals surface area contributed by atoms with E-state index in [-0.39, 0.29) is 12.1 Å². The van der Waals surface area contributed by atoms with E-state index in [1.807, 2.05) is 20.0 Å². The molecule has 22 heavy (non-hydrogen) atoms. The molecule has 0 aromatic carbocycles. The smallest absolute Gasteiger partial charge is 0.220 e. The highest BCUT2D eigenvalue weighted by Gasteiger charge is 2.33. The minimum absolute atomic E-state index is 0.210. The molecule has 0 radical (unpaired) electrons. The molecule has 2 aromatic rings. The number of ether oxygens (including phenoxy) is 1. The molecule has 8 heteroatoms. The van der Waals surface area contributed by atoms with Crippen LogP contribution in [0.4, 0.5) is 11.8 Å². The van der Waals surface area contributed by atoms with E-state index < -0.39 is 0 Å². The highest BCUT2D eigenvalue weighted by atomic mass is 16.5. The first kappa shape index (κ1) is 14.7. The molecule has 2 aromatic heterocycles. The zero-order chi connectivity index (χ0) is 15.5. The summed E-state index contributed by atoms with van der Waals surface area (Å²) in [6.07, 6.45) is 4.31. The van der Waals surface area contributed by atoms with Gasteiger partial charge in [-0.1, -0.05) is 0 Å². The van der Waals surface area contributed by atoms with Gasteiger partial charge in [0.1, 0.15) is 18.5 Å². The van der Waals surface area contributed by atoms with Crippen LogP contribution in [0.15, 0.2) is 18.7 Å². The van der Waals surface area contributed by atoms with Crippen LogP contribution in [-0.4, -0.2) is 57.1 Å². The summed E-state index contributed by atoms with van der Waals surface area (Å²) in [4.78, 5) is 15.0. The van der Waals surface area contributed by atoms with Gasteiger partial charge < -0.3 is 15.0 Å². The normalized spacial score (nSPS) is 21.3. The fourth-order valence-electron chi connectivity index (χ4n) is 2.78. The number of aromatic nitrogens is 5. The van der Waals surface area contributed by atoms with Crippen molar-refractivity contribution < 1.29 is 4.74 Å². The third-order valence-corrected chi connectivity index (χ3v) is 4.00. The SMILES string of the molecule is CO[C@H]1C[C@@H](CNc2ncnn2C)N(c2cc(C)ncn2)C1. The molecule has 0 amide bonds. The third kappa shape index (κ3) is 3.01. The molecule has 1 saturated heterocycles. The van der Waals surface area contributed by atoms with E-state index in [1.54, 1.807) is 24.4 Å². The van der Waals surface area contributed by atoms with E-state index in [1.165, 1.54) is 0 Å². The van der Waals surface area contributed by atoms with Gasteiger partial charge in [0.05, 0.1) is 12.1 Å². The van der Waals surface area contributed by atoms with Crippen LogP contribution < -0.4 is 10.2 Å². The Balaban J connectivity index is 1.73. The Kier molecular flexibility index (Phi) is 4.19. The van der Waals surface area contributed by atoms with Crippen LogP contribution in [0.1, 0.15) is 12.1 Å². The summed E-state index contributed by atoms with van der Waals surface area (Å²) in [5.74, 6) is 1.71. The molecule has 1 aliphatic heterocycles. The number of nitrogens with zero attached hydrogens (tertiary/aromatic N) is 6. The molecule has 3 rings (SSSR count). The van der Waals surface area contributed by atoms with E-state index in [0.29, 0.717) is 0 Å². The van der Waals surface area contributed by atoms with Crippen molar-refractivity contribution >= 4 is 11.8 Å². The molecule has 1 N–H and O–H groups in total. The van der Waals surface area contributed by atoms with Crippen molar-refractivity contribution in [3.63, 3.8) is 0 Å². The van der Waals surface area contributed by atoms with Crippen molar-refractivity contribution in [2.75, 3.05) is 30.4 Å². The van der Waals surface area contributed by atoms with E-state index >= 15 is 0 Å². The first-order valence-electron chi connectivity index (χ1n) is 7.33. The lowest BCUT2D eigenvalue weighted by Gasteiger charge is -2.25. The predicted octanol–water partition coefficient (Wildman–Crippen LogP) is 0.619. The maximum absolute atomic E-state index is 5.54. The van der Waals surface area contributed by atoms with Gasteiger partial charge in [-0.2, -0.15) is 10.1 Å². The number of nitrogens with one attached hydrogen (secondary N) is 1. The lowest BCUT2D eigenvalue weighted by atomic mass is 10.2. The van der Waals surface area contributed by atoms with Crippen molar-refractivity contribution in [2.24, 2.45) is 7.05 Å². The number of anilines is 2. The Morgan fingerprint density at radius 3 is 2.86 bits per heavy atom. The minimum Gasteiger partial charge on any atom is -0.380 e. The van der Waals surface area contributed by atoms with Crippen LogP contribution in [0.25, 0.3) is 0 Å². The molecule has 0 saturated carbocycles. The second-order valence-electron chi connectivity index (χ2n) is 5.51. The average molecular weight is 303 g/mol. The van der Waals surface area contributed by atoms with E-state index in [9.17, 15) is 0 Å². The number of methoxy groups -OCH3 is 1. The number of rotatable bonds is 5. The van der Waals surface area contributed by atoms with Crippen molar-refractivity contribution in [1.29, 1.82) is 0 Å². The maximum atomic E-state index is 5.54. The highest BCUT2D eigenvalue weighted by molar-refractivity contribution is 5.43. The number of hydrogen-bond donors (Lipinski definition) is 1. The van der Waals surface area contributed by atoms with Crippen LogP contribution in [0.3, 0.4) is 0 Å². The topological polar surface area (TPSA) is 81.0 Å². The van der Waals surface area contributed by atoms with Gasteiger partial charge in [-0.15, -0.1) is 0 Å². The Bertz CT molecular complexity index is 629. The van der Waals surface area contributed by atoms with Crippen LogP contribution >= 0.6 is 0 Å². The van der Waals surface area contributed by atoms with Gasteiger partial charge in [-0.3, -0.25) is 0 Å². The van der Waals surface area contributed by atoms with Crippen molar-refractivity contribution in [3.05, 3.63) is 24.4 Å². The molecule has 1 fully saturated rings. The van der Waals surface area contributed by atoms with Crippen LogP contribution in [0, 0.1) is 6.92 Å². The van der Waals surface area contributed by atoms with E-state index in [4.69, 9.17) is 4.74 Å². The number of aryl methyl sites for hydroxylation is 2. The Labute approximate surface area is 129 Å². The third-order valence-electron chi connectivity index (χ3n) is 4.00. The van der Waals surface area contributed by atoms with Crippen molar-refractivity contribution in [2.45, 2.75) is 25.5 Å². The van der Waals surface area contributed by atoms with Gasteiger partial charge in [0.2, 0.25) is 5.95 Å². The predicted molar refractivity (Wildman–Crippen MR) is 82.8 cm³/mol. The van der Waals surface area contributed by atoms with Crippen LogP contribution in [0.5, 0.6) is 0 Å². The molecular weight excluding hydrogens is 282 g/mol. The van der Waals surface area contributed by atoms with Crippen LogP contribution in [-0.2, 0) is 11.8 Å².